The first-order valence-corrected chi connectivity index (χ1v) is 4.79. The number of allylic oxidation sites excluding steroid dienone is 2. The molecule has 5 heteroatoms. The van der Waals surface area contributed by atoms with Crippen LogP contribution in [0.1, 0.15) is 19.3 Å². The number of hydrogen-bond donors (Lipinski definition) is 1. The molecule has 3 aliphatic carbocycles. The molecule has 0 heterocycles. The van der Waals surface area contributed by atoms with Crippen LogP contribution in [0.5, 0.6) is 0 Å². The molecule has 0 aromatic carbocycles. The van der Waals surface area contributed by atoms with Crippen LogP contribution in [0.4, 0.5) is 13.2 Å². The van der Waals surface area contributed by atoms with E-state index in [-0.39, 0.29) is 12.8 Å². The van der Waals surface area contributed by atoms with Crippen LogP contribution < -0.4 is 0 Å². The summed E-state index contributed by atoms with van der Waals surface area (Å²) >= 11 is 0. The second-order valence-electron chi connectivity index (χ2n) is 4.91. The smallest absolute Gasteiger partial charge is 0.405 e. The summed E-state index contributed by atoms with van der Waals surface area (Å²) < 4.78 is 38.7. The molecular weight excluding hydrogens is 209 g/mol. The largest absolute Gasteiger partial charge is 0.481 e. The van der Waals surface area contributed by atoms with Crippen molar-refractivity contribution < 1.29 is 23.1 Å². The highest BCUT2D eigenvalue weighted by Crippen LogP contribution is 2.92. The van der Waals surface area contributed by atoms with Crippen molar-refractivity contribution in [1.82, 2.24) is 0 Å². The lowest BCUT2D eigenvalue weighted by atomic mass is 9.54. The molecular formula is C10H9F3O2. The molecule has 2 saturated carbocycles. The minimum absolute atomic E-state index is 0.263. The molecule has 3 aliphatic rings. The second-order valence-corrected chi connectivity index (χ2v) is 4.91. The molecule has 3 rings (SSSR count). The molecule has 3 atom stereocenters. The van der Waals surface area contributed by atoms with Crippen molar-refractivity contribution in [3.05, 3.63) is 12.2 Å². The Balaban J connectivity index is 2.09. The Morgan fingerprint density at radius 2 is 2.00 bits per heavy atom. The normalized spacial score (nSPS) is 50.6. The SMILES string of the molecule is O=C(O)C1(C(F)(F)F)CC23C=CCC21C3. The summed E-state index contributed by atoms with van der Waals surface area (Å²) in [6.07, 6.45) is -0.777. The van der Waals surface area contributed by atoms with Gasteiger partial charge in [-0.1, -0.05) is 12.2 Å². The van der Waals surface area contributed by atoms with Crippen LogP contribution >= 0.6 is 0 Å². The molecule has 0 spiro atoms. The lowest BCUT2D eigenvalue weighted by Gasteiger charge is -2.49. The Labute approximate surface area is 83.8 Å². The zero-order chi connectivity index (χ0) is 11.1. The van der Waals surface area contributed by atoms with Gasteiger partial charge in [0.15, 0.2) is 5.41 Å². The van der Waals surface area contributed by atoms with Gasteiger partial charge in [0, 0.05) is 5.41 Å². The van der Waals surface area contributed by atoms with Gasteiger partial charge >= 0.3 is 12.1 Å². The van der Waals surface area contributed by atoms with Crippen molar-refractivity contribution in [1.29, 1.82) is 0 Å². The van der Waals surface area contributed by atoms with Gasteiger partial charge in [-0.3, -0.25) is 4.79 Å². The van der Waals surface area contributed by atoms with Crippen LogP contribution in [0.15, 0.2) is 12.2 Å². The lowest BCUT2D eigenvalue weighted by molar-refractivity contribution is -0.281. The number of rotatable bonds is 1. The number of carbonyl (C=O) groups is 1. The molecule has 0 aromatic heterocycles. The number of halogens is 3. The van der Waals surface area contributed by atoms with Gasteiger partial charge in [0.1, 0.15) is 0 Å². The average molecular weight is 218 g/mol. The molecule has 0 amide bonds. The highest BCUT2D eigenvalue weighted by Gasteiger charge is 2.94. The average Bonchev–Trinajstić information content (AvgIpc) is 2.46. The Kier molecular flexibility index (Phi) is 1.20. The van der Waals surface area contributed by atoms with E-state index in [9.17, 15) is 18.0 Å². The van der Waals surface area contributed by atoms with E-state index in [1.165, 1.54) is 0 Å². The summed E-state index contributed by atoms with van der Waals surface area (Å²) in [5.41, 5.74) is -3.95. The molecule has 15 heavy (non-hydrogen) atoms. The van der Waals surface area contributed by atoms with Crippen LogP contribution in [0.25, 0.3) is 0 Å². The van der Waals surface area contributed by atoms with E-state index in [0.29, 0.717) is 6.42 Å². The number of alkyl halides is 3. The van der Waals surface area contributed by atoms with Gasteiger partial charge in [0.2, 0.25) is 0 Å². The third-order valence-corrected chi connectivity index (χ3v) is 4.60. The first-order chi connectivity index (χ1) is 6.81. The van der Waals surface area contributed by atoms with Crippen LogP contribution in [-0.4, -0.2) is 17.3 Å². The zero-order valence-corrected chi connectivity index (χ0v) is 7.77. The van der Waals surface area contributed by atoms with Gasteiger partial charge in [-0.05, 0) is 24.7 Å². The van der Waals surface area contributed by atoms with Gasteiger partial charge < -0.3 is 5.11 Å². The van der Waals surface area contributed by atoms with E-state index >= 15 is 0 Å². The maximum absolute atomic E-state index is 12.9. The molecule has 2 fully saturated rings. The fraction of sp³-hybridized carbons (Fsp3) is 0.700. The summed E-state index contributed by atoms with van der Waals surface area (Å²) in [5, 5.41) is 8.91. The monoisotopic (exact) mass is 218 g/mol. The summed E-state index contributed by atoms with van der Waals surface area (Å²) in [7, 11) is 0. The molecule has 0 radical (unpaired) electrons. The van der Waals surface area contributed by atoms with Crippen LogP contribution in [0, 0.1) is 16.2 Å². The summed E-state index contributed by atoms with van der Waals surface area (Å²) in [4.78, 5) is 11.0. The van der Waals surface area contributed by atoms with Crippen LogP contribution in [-0.2, 0) is 4.79 Å². The highest BCUT2D eigenvalue weighted by atomic mass is 19.4. The number of hydrogen-bond acceptors (Lipinski definition) is 1. The second kappa shape index (κ2) is 1.95. The van der Waals surface area contributed by atoms with Gasteiger partial charge in [0.25, 0.3) is 0 Å². The van der Waals surface area contributed by atoms with E-state index in [1.807, 2.05) is 0 Å². The standard InChI is InChI=1S/C10H9F3O2/c11-10(12,13)9(6(14)15)5-7-2-1-3-8(7,9)4-7/h1-2H,3-5H2,(H,14,15). The maximum Gasteiger partial charge on any atom is 0.405 e. The van der Waals surface area contributed by atoms with Gasteiger partial charge in [0.05, 0.1) is 0 Å². The quantitative estimate of drug-likeness (QED) is 0.686. The molecule has 0 aliphatic heterocycles. The van der Waals surface area contributed by atoms with Crippen LogP contribution in [0.2, 0.25) is 0 Å². The van der Waals surface area contributed by atoms with Gasteiger partial charge in [-0.25, -0.2) is 0 Å². The predicted octanol–water partition coefficient (Wildman–Crippen LogP) is 2.36. The predicted molar refractivity (Wildman–Crippen MR) is 44.0 cm³/mol. The Hall–Kier alpha value is -1.00. The molecule has 3 unspecified atom stereocenters. The molecule has 0 bridgehead atoms. The van der Waals surface area contributed by atoms with Crippen molar-refractivity contribution in [2.75, 3.05) is 0 Å². The lowest BCUT2D eigenvalue weighted by Crippen LogP contribution is -2.60. The fourth-order valence-corrected chi connectivity index (χ4v) is 3.82. The molecule has 2 nitrogen and oxygen atoms in total. The minimum atomic E-state index is -4.63. The summed E-state index contributed by atoms with van der Waals surface area (Å²) in [5.74, 6) is -1.70. The molecule has 82 valence electrons. The van der Waals surface area contributed by atoms with Gasteiger partial charge in [-0.15, -0.1) is 0 Å². The van der Waals surface area contributed by atoms with E-state index in [2.05, 4.69) is 0 Å². The third kappa shape index (κ3) is 0.629. The number of carboxylic acid groups (broad SMARTS) is 1. The van der Waals surface area contributed by atoms with Gasteiger partial charge in [-0.2, -0.15) is 13.2 Å². The number of aliphatic carboxylic acids is 1. The fourth-order valence-electron chi connectivity index (χ4n) is 3.82. The topological polar surface area (TPSA) is 37.3 Å². The van der Waals surface area contributed by atoms with Crippen molar-refractivity contribution in [3.63, 3.8) is 0 Å². The molecule has 1 N–H and O–H groups in total. The zero-order valence-electron chi connectivity index (χ0n) is 7.77. The Morgan fingerprint density at radius 3 is 2.40 bits per heavy atom. The summed E-state index contributed by atoms with van der Waals surface area (Å²) in [6, 6.07) is 0. The van der Waals surface area contributed by atoms with E-state index in [4.69, 9.17) is 5.11 Å². The van der Waals surface area contributed by atoms with Crippen molar-refractivity contribution in [2.45, 2.75) is 25.4 Å². The Morgan fingerprint density at radius 1 is 1.33 bits per heavy atom. The minimum Gasteiger partial charge on any atom is -0.481 e. The maximum atomic E-state index is 12.9. The van der Waals surface area contributed by atoms with Crippen molar-refractivity contribution >= 4 is 5.97 Å². The van der Waals surface area contributed by atoms with E-state index < -0.39 is 28.4 Å². The first kappa shape index (κ1) is 9.24. The van der Waals surface area contributed by atoms with Crippen molar-refractivity contribution in [2.24, 2.45) is 16.2 Å². The number of carboxylic acids is 1. The summed E-state index contributed by atoms with van der Waals surface area (Å²) in [6.45, 7) is 0. The third-order valence-electron chi connectivity index (χ3n) is 4.60. The van der Waals surface area contributed by atoms with E-state index in [1.54, 1.807) is 12.2 Å². The van der Waals surface area contributed by atoms with Crippen LogP contribution in [0.3, 0.4) is 0 Å². The highest BCUT2D eigenvalue weighted by molar-refractivity contribution is 5.82. The van der Waals surface area contributed by atoms with E-state index in [0.717, 1.165) is 0 Å². The Bertz CT molecular complexity index is 400. The molecule has 0 saturated heterocycles. The van der Waals surface area contributed by atoms with Crippen molar-refractivity contribution in [3.8, 4) is 0 Å². The first-order valence-electron chi connectivity index (χ1n) is 4.79. The molecule has 0 aromatic rings.